The fourth-order valence-corrected chi connectivity index (χ4v) is 3.07. The summed E-state index contributed by atoms with van der Waals surface area (Å²) in [5.74, 6) is 0.525. The maximum Gasteiger partial charge on any atom is 0.0485 e. The molecular formula is C16H17BrClN. The minimum absolute atomic E-state index is 0.525. The van der Waals surface area contributed by atoms with Crippen LogP contribution >= 0.6 is 27.5 Å². The normalized spacial score (nSPS) is 10.5. The summed E-state index contributed by atoms with van der Waals surface area (Å²) in [6, 6.07) is 14.8. The third kappa shape index (κ3) is 3.13. The molecule has 0 saturated heterocycles. The molecule has 100 valence electrons. The zero-order valence-electron chi connectivity index (χ0n) is 11.2. The Balaban J connectivity index is 2.43. The van der Waals surface area contributed by atoms with Crippen LogP contribution in [-0.4, -0.2) is 6.54 Å². The van der Waals surface area contributed by atoms with Gasteiger partial charge in [0.25, 0.3) is 0 Å². The average molecular weight is 339 g/mol. The highest BCUT2D eigenvalue weighted by Crippen LogP contribution is 2.31. The van der Waals surface area contributed by atoms with Crippen molar-refractivity contribution >= 4 is 38.9 Å². The number of alkyl halides is 1. The molecule has 0 bridgehead atoms. The quantitative estimate of drug-likeness (QED) is 0.651. The van der Waals surface area contributed by atoms with Gasteiger partial charge >= 0.3 is 0 Å². The zero-order chi connectivity index (χ0) is 13.8. The summed E-state index contributed by atoms with van der Waals surface area (Å²) in [6.45, 7) is 5.23. The molecule has 3 heteroatoms. The van der Waals surface area contributed by atoms with Gasteiger partial charge in [-0.3, -0.25) is 0 Å². The second-order valence-electron chi connectivity index (χ2n) is 4.44. The molecule has 0 unspecified atom stereocenters. The van der Waals surface area contributed by atoms with Crippen molar-refractivity contribution in [3.8, 4) is 0 Å². The van der Waals surface area contributed by atoms with Crippen molar-refractivity contribution in [3.05, 3.63) is 58.1 Å². The summed E-state index contributed by atoms with van der Waals surface area (Å²) in [5, 5.41) is 0. The van der Waals surface area contributed by atoms with Gasteiger partial charge in [-0.05, 0) is 43.2 Å². The first kappa shape index (κ1) is 14.4. The van der Waals surface area contributed by atoms with Gasteiger partial charge in [0, 0.05) is 28.3 Å². The molecule has 0 heterocycles. The van der Waals surface area contributed by atoms with E-state index in [9.17, 15) is 0 Å². The fourth-order valence-electron chi connectivity index (χ4n) is 2.17. The molecule has 0 aliphatic carbocycles. The number of para-hydroxylation sites is 1. The van der Waals surface area contributed by atoms with E-state index in [-0.39, 0.29) is 0 Å². The minimum Gasteiger partial charge on any atom is -0.342 e. The molecule has 19 heavy (non-hydrogen) atoms. The first-order chi connectivity index (χ1) is 9.17. The number of hydrogen-bond acceptors (Lipinski definition) is 1. The Morgan fingerprint density at radius 1 is 1.16 bits per heavy atom. The van der Waals surface area contributed by atoms with E-state index in [2.05, 4.69) is 77.1 Å². The van der Waals surface area contributed by atoms with E-state index in [1.165, 1.54) is 16.9 Å². The predicted octanol–water partition coefficient (Wildman–Crippen LogP) is 5.65. The monoisotopic (exact) mass is 337 g/mol. The maximum absolute atomic E-state index is 5.90. The second-order valence-corrected chi connectivity index (χ2v) is 5.56. The Hall–Kier alpha value is -0.990. The molecule has 1 nitrogen and oxygen atoms in total. The molecule has 0 amide bonds. The maximum atomic E-state index is 5.90. The van der Waals surface area contributed by atoms with Gasteiger partial charge in [0.15, 0.2) is 0 Å². The van der Waals surface area contributed by atoms with Gasteiger partial charge in [-0.15, -0.1) is 11.6 Å². The third-order valence-electron chi connectivity index (χ3n) is 3.21. The number of rotatable bonds is 4. The van der Waals surface area contributed by atoms with Crippen LogP contribution in [0.4, 0.5) is 11.4 Å². The second kappa shape index (κ2) is 6.44. The standard InChI is InChI=1S/C16H17BrClN/c1-3-19(16-7-5-4-6-12(16)2)14-9-8-13(11-18)15(17)10-14/h4-10H,3,11H2,1-2H3. The van der Waals surface area contributed by atoms with Gasteiger partial charge in [-0.1, -0.05) is 40.2 Å². The lowest BCUT2D eigenvalue weighted by Crippen LogP contribution is -2.17. The molecule has 0 aromatic heterocycles. The van der Waals surface area contributed by atoms with E-state index >= 15 is 0 Å². The summed E-state index contributed by atoms with van der Waals surface area (Å²) in [4.78, 5) is 2.30. The van der Waals surface area contributed by atoms with Crippen LogP contribution in [0.1, 0.15) is 18.1 Å². The number of anilines is 2. The minimum atomic E-state index is 0.525. The average Bonchev–Trinajstić information content (AvgIpc) is 2.42. The Morgan fingerprint density at radius 2 is 1.89 bits per heavy atom. The summed E-state index contributed by atoms with van der Waals surface area (Å²) >= 11 is 9.48. The first-order valence-corrected chi connectivity index (χ1v) is 7.67. The molecular weight excluding hydrogens is 322 g/mol. The molecule has 0 atom stereocenters. The van der Waals surface area contributed by atoms with Crippen LogP contribution in [0.25, 0.3) is 0 Å². The largest absolute Gasteiger partial charge is 0.342 e. The molecule has 0 aliphatic heterocycles. The number of hydrogen-bond donors (Lipinski definition) is 0. The van der Waals surface area contributed by atoms with E-state index in [1.54, 1.807) is 0 Å². The van der Waals surface area contributed by atoms with E-state index < -0.39 is 0 Å². The van der Waals surface area contributed by atoms with Gasteiger partial charge in [-0.2, -0.15) is 0 Å². The van der Waals surface area contributed by atoms with Crippen molar-refractivity contribution in [2.24, 2.45) is 0 Å². The Labute approximate surface area is 128 Å². The lowest BCUT2D eigenvalue weighted by atomic mass is 10.1. The number of nitrogens with zero attached hydrogens (tertiary/aromatic N) is 1. The smallest absolute Gasteiger partial charge is 0.0485 e. The van der Waals surface area contributed by atoms with Crippen molar-refractivity contribution in [1.29, 1.82) is 0 Å². The first-order valence-electron chi connectivity index (χ1n) is 6.35. The van der Waals surface area contributed by atoms with E-state index in [0.29, 0.717) is 5.88 Å². The lowest BCUT2D eigenvalue weighted by Gasteiger charge is -2.25. The molecule has 0 aliphatic rings. The van der Waals surface area contributed by atoms with Crippen LogP contribution in [-0.2, 0) is 5.88 Å². The zero-order valence-corrected chi connectivity index (χ0v) is 13.5. The molecule has 0 spiro atoms. The SMILES string of the molecule is CCN(c1ccc(CCl)c(Br)c1)c1ccccc1C. The topological polar surface area (TPSA) is 3.24 Å². The molecule has 0 radical (unpaired) electrons. The summed E-state index contributed by atoms with van der Waals surface area (Å²) in [6.07, 6.45) is 0. The highest BCUT2D eigenvalue weighted by molar-refractivity contribution is 9.10. The summed E-state index contributed by atoms with van der Waals surface area (Å²) in [5.41, 5.74) is 4.82. The third-order valence-corrected chi connectivity index (χ3v) is 4.24. The van der Waals surface area contributed by atoms with Crippen molar-refractivity contribution < 1.29 is 0 Å². The van der Waals surface area contributed by atoms with Crippen molar-refractivity contribution in [1.82, 2.24) is 0 Å². The van der Waals surface area contributed by atoms with Crippen LogP contribution < -0.4 is 4.90 Å². The lowest BCUT2D eigenvalue weighted by molar-refractivity contribution is 1.01. The van der Waals surface area contributed by atoms with Crippen molar-refractivity contribution in [2.45, 2.75) is 19.7 Å². The van der Waals surface area contributed by atoms with Gasteiger partial charge in [-0.25, -0.2) is 0 Å². The van der Waals surface area contributed by atoms with E-state index in [0.717, 1.165) is 16.6 Å². The van der Waals surface area contributed by atoms with Crippen molar-refractivity contribution in [3.63, 3.8) is 0 Å². The number of aryl methyl sites for hydroxylation is 1. The Kier molecular flexibility index (Phi) is 4.89. The van der Waals surface area contributed by atoms with Gasteiger partial charge in [0.2, 0.25) is 0 Å². The molecule has 0 saturated carbocycles. The Morgan fingerprint density at radius 3 is 2.47 bits per heavy atom. The fraction of sp³-hybridized carbons (Fsp3) is 0.250. The molecule has 0 fully saturated rings. The van der Waals surface area contributed by atoms with Gasteiger partial charge in [0.05, 0.1) is 0 Å². The molecule has 2 rings (SSSR count). The van der Waals surface area contributed by atoms with Crippen LogP contribution in [0.3, 0.4) is 0 Å². The highest BCUT2D eigenvalue weighted by Gasteiger charge is 2.10. The van der Waals surface area contributed by atoms with Crippen molar-refractivity contribution in [2.75, 3.05) is 11.4 Å². The Bertz CT molecular complexity index is 568. The highest BCUT2D eigenvalue weighted by atomic mass is 79.9. The molecule has 0 N–H and O–H groups in total. The molecule has 2 aromatic carbocycles. The van der Waals surface area contributed by atoms with Crippen LogP contribution in [0.5, 0.6) is 0 Å². The number of halogens is 2. The van der Waals surface area contributed by atoms with Crippen LogP contribution in [0.2, 0.25) is 0 Å². The summed E-state index contributed by atoms with van der Waals surface area (Å²) in [7, 11) is 0. The summed E-state index contributed by atoms with van der Waals surface area (Å²) < 4.78 is 1.06. The van der Waals surface area contributed by atoms with E-state index in [4.69, 9.17) is 11.6 Å². The van der Waals surface area contributed by atoms with E-state index in [1.807, 2.05) is 0 Å². The number of benzene rings is 2. The van der Waals surface area contributed by atoms with Gasteiger partial charge in [0.1, 0.15) is 0 Å². The van der Waals surface area contributed by atoms with Gasteiger partial charge < -0.3 is 4.90 Å². The van der Waals surface area contributed by atoms with Crippen LogP contribution in [0, 0.1) is 6.92 Å². The van der Waals surface area contributed by atoms with Crippen LogP contribution in [0.15, 0.2) is 46.9 Å². The molecule has 2 aromatic rings. The predicted molar refractivity (Wildman–Crippen MR) is 87.6 cm³/mol.